The summed E-state index contributed by atoms with van der Waals surface area (Å²) in [6.45, 7) is 21.5. The number of esters is 1. The van der Waals surface area contributed by atoms with Gasteiger partial charge in [-0.1, -0.05) is 67.9 Å². The van der Waals surface area contributed by atoms with Gasteiger partial charge in [0.15, 0.2) is 5.78 Å². The van der Waals surface area contributed by atoms with Gasteiger partial charge in [0.25, 0.3) is 0 Å². The number of Topliss-reactive ketones (excluding diaryl/α,β-unsaturated/α-hetero) is 1. The van der Waals surface area contributed by atoms with Gasteiger partial charge in [0.1, 0.15) is 11.9 Å². The van der Waals surface area contributed by atoms with E-state index in [0.29, 0.717) is 18.0 Å². The lowest BCUT2D eigenvalue weighted by molar-refractivity contribution is -0.176. The molecule has 3 saturated carbocycles. The number of nitrogens with one attached hydrogen (secondary N) is 1. The number of rotatable bonds is 12. The van der Waals surface area contributed by atoms with Gasteiger partial charge in [0, 0.05) is 29.0 Å². The minimum Gasteiger partial charge on any atom is -0.481 e. The van der Waals surface area contributed by atoms with Crippen molar-refractivity contribution in [1.82, 2.24) is 0 Å². The number of carbonyl (C=O) groups is 4. The number of hydrogen-bond acceptors (Lipinski definition) is 5. The molecule has 0 saturated heterocycles. The first-order valence-electron chi connectivity index (χ1n) is 20.5. The number of carboxylic acid groups (broad SMARTS) is 1. The molecule has 1 amide bonds. The highest BCUT2D eigenvalue weighted by Crippen LogP contribution is 2.71. The number of amides is 1. The van der Waals surface area contributed by atoms with E-state index in [0.717, 1.165) is 69.8 Å². The van der Waals surface area contributed by atoms with Gasteiger partial charge in [0.2, 0.25) is 5.91 Å². The molecule has 0 spiro atoms. The summed E-state index contributed by atoms with van der Waals surface area (Å²) in [6.07, 6.45) is 13.3. The van der Waals surface area contributed by atoms with Crippen LogP contribution in [-0.4, -0.2) is 34.8 Å². The molecular weight excluding hydrogens is 682 g/mol. The molecule has 3 fully saturated rings. The number of benzene rings is 1. The summed E-state index contributed by atoms with van der Waals surface area (Å²) in [5.74, 6) is -1.08. The van der Waals surface area contributed by atoms with Crippen LogP contribution in [0.5, 0.6) is 0 Å². The first-order valence-corrected chi connectivity index (χ1v) is 20.5. The smallest absolute Gasteiger partial charge is 0.309 e. The van der Waals surface area contributed by atoms with Crippen LogP contribution in [0.25, 0.3) is 0 Å². The topological polar surface area (TPSA) is 110 Å². The Balaban J connectivity index is 1.43. The molecule has 4 aliphatic rings. The Labute approximate surface area is 323 Å². The minimum atomic E-state index is -1.19. The summed E-state index contributed by atoms with van der Waals surface area (Å²) in [7, 11) is 0. The predicted octanol–water partition coefficient (Wildman–Crippen LogP) is 10.9. The average Bonchev–Trinajstić information content (AvgIpc) is 3.39. The van der Waals surface area contributed by atoms with Crippen LogP contribution in [0.4, 0.5) is 10.1 Å². The normalized spacial score (nSPS) is 33.8. The number of carbonyl (C=O) groups excluding carboxylic acids is 3. The van der Waals surface area contributed by atoms with Crippen molar-refractivity contribution in [3.63, 3.8) is 0 Å². The van der Waals surface area contributed by atoms with Crippen molar-refractivity contribution in [3.05, 3.63) is 53.4 Å². The first-order chi connectivity index (χ1) is 25.1. The minimum absolute atomic E-state index is 0.0184. The van der Waals surface area contributed by atoms with E-state index < -0.39 is 22.8 Å². The Morgan fingerprint density at radius 1 is 1.00 bits per heavy atom. The number of ketones is 1. The number of aliphatic carboxylic acids is 1. The summed E-state index contributed by atoms with van der Waals surface area (Å²) in [5, 5.41) is 12.5. The van der Waals surface area contributed by atoms with Gasteiger partial charge in [-0.3, -0.25) is 19.2 Å². The molecule has 0 aliphatic heterocycles. The molecule has 7 atom stereocenters. The third-order valence-electron chi connectivity index (χ3n) is 15.7. The largest absolute Gasteiger partial charge is 0.481 e. The molecule has 298 valence electrons. The van der Waals surface area contributed by atoms with Crippen LogP contribution in [0.15, 0.2) is 47.6 Å². The van der Waals surface area contributed by atoms with Crippen molar-refractivity contribution in [2.75, 3.05) is 5.32 Å². The van der Waals surface area contributed by atoms with Crippen LogP contribution in [0.2, 0.25) is 0 Å². The Hall–Kier alpha value is -3.29. The third-order valence-corrected chi connectivity index (χ3v) is 15.7. The van der Waals surface area contributed by atoms with Crippen molar-refractivity contribution in [3.8, 4) is 0 Å². The van der Waals surface area contributed by atoms with Gasteiger partial charge in [-0.15, -0.1) is 0 Å². The molecule has 2 N–H and O–H groups in total. The second-order valence-corrected chi connectivity index (χ2v) is 19.7. The first kappa shape index (κ1) is 41.9. The van der Waals surface area contributed by atoms with Crippen molar-refractivity contribution < 1.29 is 33.4 Å². The Morgan fingerprint density at radius 2 is 1.67 bits per heavy atom. The summed E-state index contributed by atoms with van der Waals surface area (Å²) >= 11 is 0. The van der Waals surface area contributed by atoms with E-state index in [1.54, 1.807) is 32.1 Å². The summed E-state index contributed by atoms with van der Waals surface area (Å²) in [5.41, 5.74) is 0.571. The summed E-state index contributed by atoms with van der Waals surface area (Å²) < 4.78 is 19.6. The van der Waals surface area contributed by atoms with Crippen LogP contribution in [0, 0.1) is 56.1 Å². The maximum absolute atomic E-state index is 14.0. The lowest BCUT2D eigenvalue weighted by atomic mass is 9.40. The van der Waals surface area contributed by atoms with E-state index in [2.05, 4.69) is 60.7 Å². The highest BCUT2D eigenvalue weighted by Gasteiger charge is 2.64. The SMILES string of the molecule is CC[C@H]1CC[C@@H]2C3=C(C(C)C)C(=O)C[C@]3(/C=C/C(=O)Nc3ccc(F)cc3)CC[C@@]2(C)C1(C)CC[C@]1(C)CCC[C@H](OC(=O)CC(C)(C)C(=O)O)C1(C)C. The second-order valence-electron chi connectivity index (χ2n) is 19.7. The molecule has 8 heteroatoms. The quantitative estimate of drug-likeness (QED) is 0.163. The fourth-order valence-corrected chi connectivity index (χ4v) is 11.5. The van der Waals surface area contributed by atoms with Gasteiger partial charge < -0.3 is 15.2 Å². The molecule has 0 radical (unpaired) electrons. The number of halogens is 1. The molecule has 1 unspecified atom stereocenters. The maximum Gasteiger partial charge on any atom is 0.309 e. The summed E-state index contributed by atoms with van der Waals surface area (Å²) in [6, 6.07) is 5.74. The van der Waals surface area contributed by atoms with Crippen LogP contribution >= 0.6 is 0 Å². The zero-order valence-electron chi connectivity index (χ0n) is 34.6. The van der Waals surface area contributed by atoms with E-state index in [1.807, 2.05) is 6.08 Å². The lowest BCUT2D eigenvalue weighted by Crippen LogP contribution is -2.57. The highest BCUT2D eigenvalue weighted by molar-refractivity contribution is 6.02. The second kappa shape index (κ2) is 15.0. The fraction of sp³-hybridized carbons (Fsp3) is 0.696. The van der Waals surface area contributed by atoms with E-state index in [4.69, 9.17) is 4.74 Å². The molecule has 7 nitrogen and oxygen atoms in total. The average molecular weight is 748 g/mol. The lowest BCUT2D eigenvalue weighted by Gasteiger charge is -2.64. The third kappa shape index (κ3) is 7.36. The number of carboxylic acids is 1. The number of anilines is 1. The molecule has 0 heterocycles. The van der Waals surface area contributed by atoms with Gasteiger partial charge in [-0.2, -0.15) is 0 Å². The fourth-order valence-electron chi connectivity index (χ4n) is 11.5. The van der Waals surface area contributed by atoms with Crippen LogP contribution in [0.1, 0.15) is 146 Å². The van der Waals surface area contributed by atoms with Crippen LogP contribution in [-0.2, 0) is 23.9 Å². The maximum atomic E-state index is 14.0. The van der Waals surface area contributed by atoms with Gasteiger partial charge in [-0.05, 0) is 141 Å². The standard InChI is InChI=1S/C46H66FNO6/c1-11-30-14-19-33-39-38(29(2)3)34(49)27-46(39,22-20-36(50)48-32-17-15-31(47)16-18-32)26-25-45(33,10)44(30,9)24-23-43(8)21-12-13-35(42(43,6)7)54-37(51)28-41(4,5)40(52)53/h15-18,20,22,29-30,33,35H,11-14,19,21,23-28H2,1-10H3,(H,48,50)(H,52,53)/b22-20+/t30-,33+,35-,43-,44?,45+,46-/m0/s1. The molecule has 1 aromatic rings. The van der Waals surface area contributed by atoms with E-state index in [1.165, 1.54) is 17.7 Å². The number of allylic oxidation sites excluding steroid dienone is 3. The van der Waals surface area contributed by atoms with Gasteiger partial charge in [-0.25, -0.2) is 4.39 Å². The predicted molar refractivity (Wildman–Crippen MR) is 211 cm³/mol. The molecule has 4 aliphatic carbocycles. The van der Waals surface area contributed by atoms with Crippen molar-refractivity contribution in [1.29, 1.82) is 0 Å². The number of ether oxygens (including phenoxy) is 1. The molecule has 5 rings (SSSR count). The Bertz CT molecular complexity index is 1690. The summed E-state index contributed by atoms with van der Waals surface area (Å²) in [4.78, 5) is 52.0. The zero-order chi connectivity index (χ0) is 40.1. The van der Waals surface area contributed by atoms with Crippen molar-refractivity contribution in [2.45, 2.75) is 152 Å². The van der Waals surface area contributed by atoms with Gasteiger partial charge in [0.05, 0.1) is 11.8 Å². The zero-order valence-corrected chi connectivity index (χ0v) is 34.6. The molecule has 0 aromatic heterocycles. The van der Waals surface area contributed by atoms with E-state index in [9.17, 15) is 28.7 Å². The van der Waals surface area contributed by atoms with Crippen LogP contribution < -0.4 is 5.32 Å². The number of hydrogen-bond donors (Lipinski definition) is 2. The molecule has 54 heavy (non-hydrogen) atoms. The highest BCUT2D eigenvalue weighted by atomic mass is 19.1. The number of fused-ring (bicyclic) bond motifs is 3. The van der Waals surface area contributed by atoms with Crippen molar-refractivity contribution >= 4 is 29.3 Å². The Kier molecular flexibility index (Phi) is 11.6. The molecule has 0 bridgehead atoms. The van der Waals surface area contributed by atoms with Crippen LogP contribution in [0.3, 0.4) is 0 Å². The monoisotopic (exact) mass is 747 g/mol. The van der Waals surface area contributed by atoms with E-state index in [-0.39, 0.29) is 63.5 Å². The Morgan fingerprint density at radius 3 is 2.28 bits per heavy atom. The van der Waals surface area contributed by atoms with Crippen molar-refractivity contribution in [2.24, 2.45) is 50.2 Å². The van der Waals surface area contributed by atoms with Gasteiger partial charge >= 0.3 is 11.9 Å². The molecule has 1 aromatic carbocycles. The van der Waals surface area contributed by atoms with E-state index >= 15 is 0 Å². The molecular formula is C46H66FNO6.